The molecule has 0 spiro atoms. The van der Waals surface area contributed by atoms with Gasteiger partial charge in [0.1, 0.15) is 23.6 Å². The number of piperidine rings is 1. The highest BCUT2D eigenvalue weighted by Gasteiger charge is 2.43. The smallest absolute Gasteiger partial charge is 0.278 e. The zero-order chi connectivity index (χ0) is 24.9. The molecule has 1 aromatic carbocycles. The van der Waals surface area contributed by atoms with Gasteiger partial charge in [-0.2, -0.15) is 0 Å². The van der Waals surface area contributed by atoms with Gasteiger partial charge in [0.25, 0.3) is 5.91 Å². The fraction of sp³-hybridized carbons (Fsp3) is 0.458. The van der Waals surface area contributed by atoms with Crippen LogP contribution in [-0.4, -0.2) is 45.1 Å². The molecule has 182 valence electrons. The number of hydrogen-bond donors (Lipinski definition) is 1. The Morgan fingerprint density at radius 1 is 1.15 bits per heavy atom. The lowest BCUT2D eigenvalue weighted by Gasteiger charge is -2.51. The molecule has 0 bridgehead atoms. The number of aromatic nitrogens is 1. The minimum atomic E-state index is -1.13. The SMILES string of the molecule is CC(C)N1C(=O)c2c(O)c(=O)c(C(=O)CCc3c(F)cc(F)cc3F)cn2N2C[C@@H](C)CC[C@@H]12. The summed E-state index contributed by atoms with van der Waals surface area (Å²) in [6, 6.07) is 0.858. The van der Waals surface area contributed by atoms with Gasteiger partial charge in [0.15, 0.2) is 17.2 Å². The second kappa shape index (κ2) is 8.81. The van der Waals surface area contributed by atoms with Crippen LogP contribution in [0.5, 0.6) is 5.75 Å². The second-order valence-corrected chi connectivity index (χ2v) is 9.28. The molecular formula is C24H26F3N3O4. The number of benzene rings is 1. The molecule has 1 N–H and O–H groups in total. The van der Waals surface area contributed by atoms with Gasteiger partial charge >= 0.3 is 0 Å². The second-order valence-electron chi connectivity index (χ2n) is 9.28. The minimum Gasteiger partial charge on any atom is -0.502 e. The third kappa shape index (κ3) is 3.95. The van der Waals surface area contributed by atoms with E-state index >= 15 is 0 Å². The van der Waals surface area contributed by atoms with Crippen LogP contribution in [0.25, 0.3) is 0 Å². The van der Waals surface area contributed by atoms with Crippen LogP contribution in [0, 0.1) is 23.4 Å². The average molecular weight is 477 g/mol. The van der Waals surface area contributed by atoms with Crippen molar-refractivity contribution in [3.8, 4) is 5.75 Å². The van der Waals surface area contributed by atoms with Gasteiger partial charge in [-0.25, -0.2) is 13.2 Å². The third-order valence-electron chi connectivity index (χ3n) is 6.52. The Hall–Kier alpha value is -3.30. The monoisotopic (exact) mass is 477 g/mol. The number of halogens is 3. The molecule has 7 nitrogen and oxygen atoms in total. The minimum absolute atomic E-state index is 0.182. The lowest BCUT2D eigenvalue weighted by Crippen LogP contribution is -2.65. The van der Waals surface area contributed by atoms with Crippen LogP contribution in [0.4, 0.5) is 13.2 Å². The van der Waals surface area contributed by atoms with E-state index in [1.54, 1.807) is 4.90 Å². The van der Waals surface area contributed by atoms with Gasteiger partial charge in [-0.1, -0.05) is 6.92 Å². The summed E-state index contributed by atoms with van der Waals surface area (Å²) in [5, 5.41) is 12.5. The predicted octanol–water partition coefficient (Wildman–Crippen LogP) is 3.34. The van der Waals surface area contributed by atoms with E-state index in [1.165, 1.54) is 10.9 Å². The van der Waals surface area contributed by atoms with Gasteiger partial charge in [0, 0.05) is 42.9 Å². The van der Waals surface area contributed by atoms with Crippen molar-refractivity contribution in [1.29, 1.82) is 0 Å². The topological polar surface area (TPSA) is 82.9 Å². The molecule has 34 heavy (non-hydrogen) atoms. The molecule has 2 atom stereocenters. The number of aromatic hydroxyl groups is 1. The van der Waals surface area contributed by atoms with E-state index in [-0.39, 0.29) is 29.4 Å². The van der Waals surface area contributed by atoms with Crippen molar-refractivity contribution in [2.24, 2.45) is 5.92 Å². The zero-order valence-electron chi connectivity index (χ0n) is 19.1. The summed E-state index contributed by atoms with van der Waals surface area (Å²) in [7, 11) is 0. The maximum absolute atomic E-state index is 14.0. The number of nitrogens with zero attached hydrogens (tertiary/aromatic N) is 3. The third-order valence-corrected chi connectivity index (χ3v) is 6.52. The largest absolute Gasteiger partial charge is 0.502 e. The number of rotatable bonds is 5. The van der Waals surface area contributed by atoms with E-state index in [1.807, 2.05) is 25.8 Å². The Bertz CT molecular complexity index is 1200. The molecule has 0 unspecified atom stereocenters. The molecule has 1 fully saturated rings. The maximum atomic E-state index is 14.0. The van der Waals surface area contributed by atoms with Crippen LogP contribution < -0.4 is 10.4 Å². The molecule has 2 aromatic rings. The van der Waals surface area contributed by atoms with Gasteiger partial charge in [-0.3, -0.25) is 24.1 Å². The average Bonchev–Trinajstić information content (AvgIpc) is 2.75. The lowest BCUT2D eigenvalue weighted by atomic mass is 9.96. The summed E-state index contributed by atoms with van der Waals surface area (Å²) >= 11 is 0. The normalized spacial score (nSPS) is 19.9. The molecule has 3 heterocycles. The highest BCUT2D eigenvalue weighted by atomic mass is 19.1. The molecular weight excluding hydrogens is 451 g/mol. The van der Waals surface area contributed by atoms with Gasteiger partial charge in [-0.15, -0.1) is 0 Å². The number of Topliss-reactive ketones (excluding diaryl/α,β-unsaturated/α-hetero) is 1. The Balaban J connectivity index is 1.72. The number of carbonyl (C=O) groups is 2. The first-order valence-electron chi connectivity index (χ1n) is 11.3. The number of carbonyl (C=O) groups excluding carboxylic acids is 2. The molecule has 0 radical (unpaired) electrons. The van der Waals surface area contributed by atoms with Gasteiger partial charge in [0.2, 0.25) is 5.43 Å². The van der Waals surface area contributed by atoms with Gasteiger partial charge < -0.3 is 10.0 Å². The van der Waals surface area contributed by atoms with Gasteiger partial charge in [0.05, 0.1) is 5.56 Å². The standard InChI is InChI=1S/C24H26F3N3O4/c1-12(2)30-20-7-4-13(3)10-28(20)29-11-16(22(32)23(33)21(29)24(30)34)19(31)6-5-15-17(26)8-14(25)9-18(15)27/h8-9,11-13,20,33H,4-7,10H2,1-3H3/t13-,20+/m0/s1. The number of amides is 1. The highest BCUT2D eigenvalue weighted by molar-refractivity contribution is 6.00. The molecule has 2 aliphatic heterocycles. The summed E-state index contributed by atoms with van der Waals surface area (Å²) in [5.41, 5.74) is -2.08. The first kappa shape index (κ1) is 23.8. The van der Waals surface area contributed by atoms with E-state index in [0.29, 0.717) is 25.1 Å². The fourth-order valence-electron chi connectivity index (χ4n) is 4.84. The number of ketones is 1. The van der Waals surface area contributed by atoms with Gasteiger partial charge in [-0.05, 0) is 39.0 Å². The molecule has 0 saturated carbocycles. The quantitative estimate of drug-likeness (QED) is 0.668. The van der Waals surface area contributed by atoms with E-state index < -0.39 is 58.7 Å². The summed E-state index contributed by atoms with van der Waals surface area (Å²) < 4.78 is 42.4. The van der Waals surface area contributed by atoms with Crippen LogP contribution in [0.1, 0.15) is 66.4 Å². The van der Waals surface area contributed by atoms with Crippen molar-refractivity contribution >= 4 is 11.7 Å². The molecule has 10 heteroatoms. The number of hydrogen-bond acceptors (Lipinski definition) is 5. The van der Waals surface area contributed by atoms with Crippen molar-refractivity contribution in [2.45, 2.75) is 58.7 Å². The first-order valence-corrected chi connectivity index (χ1v) is 11.3. The summed E-state index contributed by atoms with van der Waals surface area (Å²) in [5.74, 6) is -5.14. The van der Waals surface area contributed by atoms with Crippen LogP contribution in [0.15, 0.2) is 23.1 Å². The van der Waals surface area contributed by atoms with E-state index in [9.17, 15) is 32.7 Å². The van der Waals surface area contributed by atoms with E-state index in [4.69, 9.17) is 0 Å². The summed E-state index contributed by atoms with van der Waals surface area (Å²) in [4.78, 5) is 40.6. The zero-order valence-corrected chi connectivity index (χ0v) is 19.1. The highest BCUT2D eigenvalue weighted by Crippen LogP contribution is 2.32. The van der Waals surface area contributed by atoms with E-state index in [0.717, 1.165) is 6.42 Å². The van der Waals surface area contributed by atoms with Crippen LogP contribution >= 0.6 is 0 Å². The number of fused-ring (bicyclic) bond motifs is 3. The number of pyridine rings is 1. The predicted molar refractivity (Wildman–Crippen MR) is 118 cm³/mol. The Kier molecular flexibility index (Phi) is 6.18. The Labute approximate surface area is 194 Å². The summed E-state index contributed by atoms with van der Waals surface area (Å²) in [6.45, 7) is 6.29. The van der Waals surface area contributed by atoms with Crippen LogP contribution in [0.2, 0.25) is 0 Å². The molecule has 2 aliphatic rings. The van der Waals surface area contributed by atoms with Crippen molar-refractivity contribution in [3.63, 3.8) is 0 Å². The first-order chi connectivity index (χ1) is 16.0. The molecule has 1 aromatic heterocycles. The molecule has 1 saturated heterocycles. The Morgan fingerprint density at radius 3 is 2.41 bits per heavy atom. The molecule has 1 amide bonds. The van der Waals surface area contributed by atoms with Crippen molar-refractivity contribution < 1.29 is 27.9 Å². The fourth-order valence-corrected chi connectivity index (χ4v) is 4.84. The van der Waals surface area contributed by atoms with E-state index in [2.05, 4.69) is 0 Å². The van der Waals surface area contributed by atoms with Crippen molar-refractivity contribution in [2.75, 3.05) is 11.6 Å². The molecule has 4 rings (SSSR count). The lowest BCUT2D eigenvalue weighted by molar-refractivity contribution is 0.0398. The van der Waals surface area contributed by atoms with Crippen LogP contribution in [0.3, 0.4) is 0 Å². The Morgan fingerprint density at radius 2 is 1.79 bits per heavy atom. The molecule has 0 aliphatic carbocycles. The van der Waals surface area contributed by atoms with Crippen molar-refractivity contribution in [1.82, 2.24) is 9.58 Å². The summed E-state index contributed by atoms with van der Waals surface area (Å²) in [6.07, 6.45) is 1.66. The van der Waals surface area contributed by atoms with Crippen molar-refractivity contribution in [3.05, 3.63) is 62.8 Å². The van der Waals surface area contributed by atoms with Crippen LogP contribution in [-0.2, 0) is 6.42 Å². The maximum Gasteiger partial charge on any atom is 0.278 e.